The first kappa shape index (κ1) is 17.2. The zero-order chi connectivity index (χ0) is 15.4. The van der Waals surface area contributed by atoms with E-state index in [9.17, 15) is 0 Å². The molecule has 0 saturated heterocycles. The Labute approximate surface area is 123 Å². The van der Waals surface area contributed by atoms with Crippen molar-refractivity contribution in [2.75, 3.05) is 13.2 Å². The zero-order valence-electron chi connectivity index (χ0n) is 13.0. The predicted octanol–water partition coefficient (Wildman–Crippen LogP) is 1.77. The van der Waals surface area contributed by atoms with Gasteiger partial charge in [-0.2, -0.15) is 0 Å². The number of ether oxygens (including phenoxy) is 1. The highest BCUT2D eigenvalue weighted by molar-refractivity contribution is 6.74. The molecule has 6 heteroatoms. The molecule has 1 rings (SSSR count). The van der Waals surface area contributed by atoms with Crippen LogP contribution in [0.5, 0.6) is 5.75 Å². The number of benzene rings is 1. The molecule has 0 heterocycles. The van der Waals surface area contributed by atoms with Crippen LogP contribution in [0.25, 0.3) is 0 Å². The van der Waals surface area contributed by atoms with Crippen LogP contribution in [-0.2, 0) is 4.43 Å². The lowest BCUT2D eigenvalue weighted by atomic mass is 9.80. The van der Waals surface area contributed by atoms with Gasteiger partial charge >= 0.3 is 7.12 Å². The molecule has 0 fully saturated rings. The molecule has 2 N–H and O–H groups in total. The Hall–Kier alpha value is -0.818. The van der Waals surface area contributed by atoms with Crippen LogP contribution in [0.2, 0.25) is 18.1 Å². The number of rotatable bonds is 6. The maximum atomic E-state index is 8.99. The van der Waals surface area contributed by atoms with Crippen LogP contribution in [0.1, 0.15) is 20.8 Å². The van der Waals surface area contributed by atoms with Crippen molar-refractivity contribution in [2.24, 2.45) is 0 Å². The third-order valence-electron chi connectivity index (χ3n) is 3.80. The van der Waals surface area contributed by atoms with Gasteiger partial charge in [0, 0.05) is 0 Å². The molecule has 0 aliphatic carbocycles. The van der Waals surface area contributed by atoms with Gasteiger partial charge in [-0.05, 0) is 35.7 Å². The van der Waals surface area contributed by atoms with E-state index < -0.39 is 15.4 Å². The van der Waals surface area contributed by atoms with E-state index in [4.69, 9.17) is 19.2 Å². The van der Waals surface area contributed by atoms with Crippen molar-refractivity contribution in [3.05, 3.63) is 24.3 Å². The standard InChI is InChI=1S/C14H25BO4Si/c1-14(2,3)20(4,5)19-11-10-18-13-8-6-12(7-9-13)15(16)17/h6-9,16-17H,10-11H2,1-5H3. The maximum Gasteiger partial charge on any atom is 0.488 e. The van der Waals surface area contributed by atoms with Crippen LogP contribution < -0.4 is 10.2 Å². The minimum Gasteiger partial charge on any atom is -0.491 e. The van der Waals surface area contributed by atoms with Gasteiger partial charge in [-0.25, -0.2) is 0 Å². The molecule has 1 aromatic rings. The van der Waals surface area contributed by atoms with Gasteiger partial charge in [0.25, 0.3) is 0 Å². The van der Waals surface area contributed by atoms with Crippen molar-refractivity contribution in [3.63, 3.8) is 0 Å². The molecule has 0 saturated carbocycles. The van der Waals surface area contributed by atoms with Gasteiger partial charge in [0.15, 0.2) is 8.32 Å². The molecule has 0 aliphatic rings. The van der Waals surface area contributed by atoms with Crippen molar-refractivity contribution in [1.29, 1.82) is 0 Å². The monoisotopic (exact) mass is 296 g/mol. The van der Waals surface area contributed by atoms with Gasteiger partial charge < -0.3 is 19.2 Å². The van der Waals surface area contributed by atoms with Gasteiger partial charge in [0.1, 0.15) is 12.4 Å². The first-order valence-electron chi connectivity index (χ1n) is 6.86. The Bertz CT molecular complexity index is 412. The lowest BCUT2D eigenvalue weighted by Gasteiger charge is -2.36. The summed E-state index contributed by atoms with van der Waals surface area (Å²) in [6.45, 7) is 12.1. The summed E-state index contributed by atoms with van der Waals surface area (Å²) in [7, 11) is -3.15. The van der Waals surface area contributed by atoms with Gasteiger partial charge in [0.05, 0.1) is 6.61 Å². The summed E-state index contributed by atoms with van der Waals surface area (Å²) in [5.74, 6) is 0.702. The van der Waals surface area contributed by atoms with E-state index in [0.717, 1.165) is 0 Å². The minimum absolute atomic E-state index is 0.200. The van der Waals surface area contributed by atoms with Crippen molar-refractivity contribution < 1.29 is 19.2 Å². The Morgan fingerprint density at radius 3 is 2.05 bits per heavy atom. The lowest BCUT2D eigenvalue weighted by Crippen LogP contribution is -2.41. The Morgan fingerprint density at radius 1 is 1.05 bits per heavy atom. The van der Waals surface area contributed by atoms with Crippen molar-refractivity contribution in [1.82, 2.24) is 0 Å². The molecule has 0 atom stereocenters. The molecule has 0 spiro atoms. The average Bonchev–Trinajstić information content (AvgIpc) is 2.34. The molecule has 20 heavy (non-hydrogen) atoms. The van der Waals surface area contributed by atoms with Crippen LogP contribution in [0.3, 0.4) is 0 Å². The topological polar surface area (TPSA) is 58.9 Å². The number of hydrogen-bond donors (Lipinski definition) is 2. The summed E-state index contributed by atoms with van der Waals surface area (Å²) in [6.07, 6.45) is 0. The Kier molecular flexibility index (Phi) is 5.82. The SMILES string of the molecule is CC(C)(C)[Si](C)(C)OCCOc1ccc(B(O)O)cc1. The first-order chi connectivity index (χ1) is 9.13. The van der Waals surface area contributed by atoms with Crippen LogP contribution in [0.15, 0.2) is 24.3 Å². The van der Waals surface area contributed by atoms with Crippen LogP contribution in [-0.4, -0.2) is 38.7 Å². The van der Waals surface area contributed by atoms with E-state index in [-0.39, 0.29) is 5.04 Å². The first-order valence-corrected chi connectivity index (χ1v) is 9.77. The molecule has 0 amide bonds. The molecular formula is C14H25BO4Si. The zero-order valence-corrected chi connectivity index (χ0v) is 14.0. The molecule has 4 nitrogen and oxygen atoms in total. The highest BCUT2D eigenvalue weighted by Gasteiger charge is 2.36. The van der Waals surface area contributed by atoms with E-state index in [1.807, 2.05) is 0 Å². The van der Waals surface area contributed by atoms with E-state index in [1.54, 1.807) is 24.3 Å². The lowest BCUT2D eigenvalue weighted by molar-refractivity contribution is 0.203. The second-order valence-electron chi connectivity index (χ2n) is 6.40. The van der Waals surface area contributed by atoms with E-state index in [1.165, 1.54) is 0 Å². The third kappa shape index (κ3) is 4.94. The molecule has 0 aliphatic heterocycles. The van der Waals surface area contributed by atoms with Crippen LogP contribution in [0, 0.1) is 0 Å². The molecule has 0 aromatic heterocycles. The maximum absolute atomic E-state index is 8.99. The normalized spacial score (nSPS) is 12.3. The summed E-state index contributed by atoms with van der Waals surface area (Å²) < 4.78 is 11.6. The molecule has 0 radical (unpaired) electrons. The van der Waals surface area contributed by atoms with E-state index in [0.29, 0.717) is 24.4 Å². The molecular weight excluding hydrogens is 271 g/mol. The molecule has 0 bridgehead atoms. The van der Waals surface area contributed by atoms with Crippen molar-refractivity contribution >= 4 is 20.9 Å². The Morgan fingerprint density at radius 2 is 1.60 bits per heavy atom. The molecule has 112 valence electrons. The fourth-order valence-corrected chi connectivity index (χ4v) is 2.44. The van der Waals surface area contributed by atoms with E-state index >= 15 is 0 Å². The van der Waals surface area contributed by atoms with E-state index in [2.05, 4.69) is 33.9 Å². The van der Waals surface area contributed by atoms with Crippen LogP contribution in [0.4, 0.5) is 0 Å². The summed E-state index contributed by atoms with van der Waals surface area (Å²) in [5.41, 5.74) is 0.454. The summed E-state index contributed by atoms with van der Waals surface area (Å²) in [4.78, 5) is 0. The molecule has 0 unspecified atom stereocenters. The van der Waals surface area contributed by atoms with Crippen LogP contribution >= 0.6 is 0 Å². The van der Waals surface area contributed by atoms with Crippen molar-refractivity contribution in [2.45, 2.75) is 38.9 Å². The van der Waals surface area contributed by atoms with Gasteiger partial charge in [-0.15, -0.1) is 0 Å². The smallest absolute Gasteiger partial charge is 0.488 e. The third-order valence-corrected chi connectivity index (χ3v) is 8.34. The number of hydrogen-bond acceptors (Lipinski definition) is 4. The van der Waals surface area contributed by atoms with Gasteiger partial charge in [-0.3, -0.25) is 0 Å². The fraction of sp³-hybridized carbons (Fsp3) is 0.571. The predicted molar refractivity (Wildman–Crippen MR) is 84.9 cm³/mol. The quantitative estimate of drug-likeness (QED) is 0.620. The summed E-state index contributed by atoms with van der Waals surface area (Å²) >= 11 is 0. The Balaban J connectivity index is 2.38. The summed E-state index contributed by atoms with van der Waals surface area (Å²) in [6, 6.07) is 6.71. The minimum atomic E-state index is -1.71. The average molecular weight is 296 g/mol. The van der Waals surface area contributed by atoms with Crippen molar-refractivity contribution in [3.8, 4) is 5.75 Å². The van der Waals surface area contributed by atoms with Gasteiger partial charge in [-0.1, -0.05) is 32.9 Å². The molecule has 1 aromatic carbocycles. The largest absolute Gasteiger partial charge is 0.491 e. The van der Waals surface area contributed by atoms with Gasteiger partial charge in [0.2, 0.25) is 0 Å². The second kappa shape index (κ2) is 6.76. The highest BCUT2D eigenvalue weighted by atomic mass is 28.4. The highest BCUT2D eigenvalue weighted by Crippen LogP contribution is 2.36. The fourth-order valence-electron chi connectivity index (χ4n) is 1.41. The second-order valence-corrected chi connectivity index (χ2v) is 11.2. The summed E-state index contributed by atoms with van der Waals surface area (Å²) in [5, 5.41) is 18.2.